The van der Waals surface area contributed by atoms with Crippen LogP contribution in [0.3, 0.4) is 0 Å². The first kappa shape index (κ1) is 10.3. The van der Waals surface area contributed by atoms with Crippen molar-refractivity contribution in [1.29, 1.82) is 0 Å². The summed E-state index contributed by atoms with van der Waals surface area (Å²) in [7, 11) is 0. The Balaban J connectivity index is 2.09. The van der Waals surface area contributed by atoms with E-state index < -0.39 is 0 Å². The van der Waals surface area contributed by atoms with Gasteiger partial charge in [0.2, 0.25) is 0 Å². The van der Waals surface area contributed by atoms with E-state index in [1.54, 1.807) is 0 Å². The second-order valence-electron chi connectivity index (χ2n) is 4.25. The fraction of sp³-hybridized carbons (Fsp3) is 0.417. The highest BCUT2D eigenvalue weighted by atomic mass is 79.9. The lowest BCUT2D eigenvalue weighted by molar-refractivity contribution is 0.443. The van der Waals surface area contributed by atoms with Crippen molar-refractivity contribution in [2.45, 2.75) is 18.8 Å². The lowest BCUT2D eigenvalue weighted by Crippen LogP contribution is -2.27. The van der Waals surface area contributed by atoms with E-state index in [-0.39, 0.29) is 0 Å². The van der Waals surface area contributed by atoms with Crippen LogP contribution in [-0.2, 0) is 0 Å². The SMILES string of the molecule is Brc1cccc2cnc(C3CCNCC3)n12. The third-order valence-electron chi connectivity index (χ3n) is 3.24. The molecule has 3 nitrogen and oxygen atoms in total. The normalized spacial score (nSPS) is 18.1. The third-order valence-corrected chi connectivity index (χ3v) is 3.85. The van der Waals surface area contributed by atoms with Crippen molar-refractivity contribution in [2.24, 2.45) is 0 Å². The van der Waals surface area contributed by atoms with Gasteiger partial charge in [0.15, 0.2) is 0 Å². The molecule has 4 heteroatoms. The topological polar surface area (TPSA) is 29.3 Å². The van der Waals surface area contributed by atoms with Crippen molar-refractivity contribution >= 4 is 21.4 Å². The van der Waals surface area contributed by atoms with Crippen LogP contribution in [0.4, 0.5) is 0 Å². The molecule has 0 unspecified atom stereocenters. The van der Waals surface area contributed by atoms with Crippen molar-refractivity contribution in [1.82, 2.24) is 14.7 Å². The van der Waals surface area contributed by atoms with Gasteiger partial charge in [0.05, 0.1) is 16.3 Å². The van der Waals surface area contributed by atoms with Crippen molar-refractivity contribution in [3.05, 3.63) is 34.8 Å². The van der Waals surface area contributed by atoms with Crippen LogP contribution < -0.4 is 5.32 Å². The van der Waals surface area contributed by atoms with Gasteiger partial charge in [-0.25, -0.2) is 4.98 Å². The molecule has 2 aromatic rings. The van der Waals surface area contributed by atoms with E-state index in [4.69, 9.17) is 0 Å². The second-order valence-corrected chi connectivity index (χ2v) is 5.06. The van der Waals surface area contributed by atoms with E-state index in [0.29, 0.717) is 5.92 Å². The summed E-state index contributed by atoms with van der Waals surface area (Å²) >= 11 is 3.60. The molecular formula is C12H14BrN3. The molecule has 3 heterocycles. The number of pyridine rings is 1. The molecule has 0 amide bonds. The van der Waals surface area contributed by atoms with Gasteiger partial charge in [-0.3, -0.25) is 4.40 Å². The number of hydrogen-bond acceptors (Lipinski definition) is 2. The Morgan fingerprint density at radius 3 is 2.94 bits per heavy atom. The first-order valence-corrected chi connectivity index (χ1v) is 6.48. The molecule has 1 aliphatic rings. The maximum absolute atomic E-state index is 4.58. The van der Waals surface area contributed by atoms with Crippen molar-refractivity contribution in [2.75, 3.05) is 13.1 Å². The fourth-order valence-electron chi connectivity index (χ4n) is 2.40. The summed E-state index contributed by atoms with van der Waals surface area (Å²) in [6.07, 6.45) is 4.32. The van der Waals surface area contributed by atoms with Gasteiger partial charge in [-0.05, 0) is 54.0 Å². The predicted molar refractivity (Wildman–Crippen MR) is 67.7 cm³/mol. The van der Waals surface area contributed by atoms with Gasteiger partial charge in [-0.15, -0.1) is 0 Å². The first-order chi connectivity index (χ1) is 7.86. The van der Waals surface area contributed by atoms with E-state index in [1.165, 1.54) is 24.2 Å². The zero-order chi connectivity index (χ0) is 11.0. The van der Waals surface area contributed by atoms with Crippen LogP contribution in [0.2, 0.25) is 0 Å². The quantitative estimate of drug-likeness (QED) is 0.813. The molecule has 0 bridgehead atoms. The first-order valence-electron chi connectivity index (χ1n) is 5.69. The monoisotopic (exact) mass is 279 g/mol. The van der Waals surface area contributed by atoms with E-state index in [1.807, 2.05) is 12.3 Å². The smallest absolute Gasteiger partial charge is 0.117 e. The molecule has 0 spiro atoms. The van der Waals surface area contributed by atoms with Crippen molar-refractivity contribution in [3.63, 3.8) is 0 Å². The van der Waals surface area contributed by atoms with Crippen molar-refractivity contribution < 1.29 is 0 Å². The molecule has 0 aromatic carbocycles. The van der Waals surface area contributed by atoms with Crippen LogP contribution in [0.5, 0.6) is 0 Å². The number of halogens is 1. The highest BCUT2D eigenvalue weighted by molar-refractivity contribution is 9.10. The Labute approximate surface area is 103 Å². The minimum absolute atomic E-state index is 0.586. The third kappa shape index (κ3) is 1.66. The lowest BCUT2D eigenvalue weighted by Gasteiger charge is -2.21. The molecule has 1 fully saturated rings. The molecule has 84 valence electrons. The molecule has 0 saturated carbocycles. The summed E-state index contributed by atoms with van der Waals surface area (Å²) in [6.45, 7) is 2.20. The molecule has 2 aromatic heterocycles. The Bertz CT molecular complexity index is 500. The molecule has 1 aliphatic heterocycles. The van der Waals surface area contributed by atoms with Crippen LogP contribution in [0.25, 0.3) is 5.52 Å². The second kappa shape index (κ2) is 4.18. The summed E-state index contributed by atoms with van der Waals surface area (Å²) < 4.78 is 3.31. The molecule has 0 radical (unpaired) electrons. The fourth-order valence-corrected chi connectivity index (χ4v) is 2.94. The zero-order valence-electron chi connectivity index (χ0n) is 8.99. The Morgan fingerprint density at radius 2 is 2.12 bits per heavy atom. The van der Waals surface area contributed by atoms with Crippen LogP contribution >= 0.6 is 15.9 Å². The van der Waals surface area contributed by atoms with E-state index in [0.717, 1.165) is 17.7 Å². The van der Waals surface area contributed by atoms with E-state index >= 15 is 0 Å². The Kier molecular flexibility index (Phi) is 2.69. The Hall–Kier alpha value is -0.870. The number of aromatic nitrogens is 2. The zero-order valence-corrected chi connectivity index (χ0v) is 10.6. The summed E-state index contributed by atoms with van der Waals surface area (Å²) in [5.41, 5.74) is 1.17. The molecular weight excluding hydrogens is 266 g/mol. The average Bonchev–Trinajstić information content (AvgIpc) is 2.75. The number of nitrogens with zero attached hydrogens (tertiary/aromatic N) is 2. The predicted octanol–water partition coefficient (Wildman–Crippen LogP) is 2.56. The van der Waals surface area contributed by atoms with E-state index in [2.05, 4.69) is 42.8 Å². The minimum Gasteiger partial charge on any atom is -0.317 e. The number of piperidine rings is 1. The summed E-state index contributed by atoms with van der Waals surface area (Å²) in [5, 5.41) is 3.39. The lowest BCUT2D eigenvalue weighted by atomic mass is 9.97. The highest BCUT2D eigenvalue weighted by Crippen LogP contribution is 2.27. The van der Waals surface area contributed by atoms with Crippen LogP contribution in [0, 0.1) is 0 Å². The summed E-state index contributed by atoms with van der Waals surface area (Å²) in [6, 6.07) is 6.22. The molecule has 0 atom stereocenters. The summed E-state index contributed by atoms with van der Waals surface area (Å²) in [5.74, 6) is 1.78. The van der Waals surface area contributed by atoms with Crippen LogP contribution in [-0.4, -0.2) is 22.5 Å². The van der Waals surface area contributed by atoms with Gasteiger partial charge in [-0.2, -0.15) is 0 Å². The summed E-state index contributed by atoms with van der Waals surface area (Å²) in [4.78, 5) is 4.58. The number of hydrogen-bond donors (Lipinski definition) is 1. The van der Waals surface area contributed by atoms with Gasteiger partial charge in [-0.1, -0.05) is 6.07 Å². The highest BCUT2D eigenvalue weighted by Gasteiger charge is 2.20. The van der Waals surface area contributed by atoms with Gasteiger partial charge < -0.3 is 5.32 Å². The van der Waals surface area contributed by atoms with Gasteiger partial charge in [0.25, 0.3) is 0 Å². The molecule has 0 aliphatic carbocycles. The maximum atomic E-state index is 4.58. The Morgan fingerprint density at radius 1 is 1.31 bits per heavy atom. The van der Waals surface area contributed by atoms with Gasteiger partial charge in [0, 0.05) is 5.92 Å². The molecule has 3 rings (SSSR count). The molecule has 16 heavy (non-hydrogen) atoms. The maximum Gasteiger partial charge on any atom is 0.117 e. The number of fused-ring (bicyclic) bond motifs is 1. The number of rotatable bonds is 1. The molecule has 1 saturated heterocycles. The average molecular weight is 280 g/mol. The standard InChI is InChI=1S/C12H14BrN3/c13-11-3-1-2-10-8-15-12(16(10)11)9-4-6-14-7-5-9/h1-3,8-9,14H,4-7H2. The molecule has 1 N–H and O–H groups in total. The van der Waals surface area contributed by atoms with Crippen LogP contribution in [0.15, 0.2) is 29.0 Å². The van der Waals surface area contributed by atoms with Gasteiger partial charge in [0.1, 0.15) is 5.82 Å². The number of nitrogens with one attached hydrogen (secondary N) is 1. The number of imidazole rings is 1. The van der Waals surface area contributed by atoms with Crippen LogP contribution in [0.1, 0.15) is 24.6 Å². The minimum atomic E-state index is 0.586. The largest absolute Gasteiger partial charge is 0.317 e. The van der Waals surface area contributed by atoms with Crippen molar-refractivity contribution in [3.8, 4) is 0 Å². The van der Waals surface area contributed by atoms with E-state index in [9.17, 15) is 0 Å². The van der Waals surface area contributed by atoms with Gasteiger partial charge >= 0.3 is 0 Å².